The summed E-state index contributed by atoms with van der Waals surface area (Å²) in [7, 11) is 0. The number of halogens is 1. The smallest absolute Gasteiger partial charge is 0.241 e. The van der Waals surface area contributed by atoms with E-state index in [2.05, 4.69) is 29.4 Å². The van der Waals surface area contributed by atoms with Crippen molar-refractivity contribution in [2.75, 3.05) is 18.4 Å². The number of likely N-dealkylation sites (tertiary alicyclic amines) is 1. The molecule has 23 heavy (non-hydrogen) atoms. The van der Waals surface area contributed by atoms with Crippen molar-refractivity contribution in [2.24, 2.45) is 0 Å². The van der Waals surface area contributed by atoms with Gasteiger partial charge in [-0.2, -0.15) is 0 Å². The second kappa shape index (κ2) is 8.13. The van der Waals surface area contributed by atoms with Gasteiger partial charge in [-0.05, 0) is 44.4 Å². The predicted molar refractivity (Wildman–Crippen MR) is 97.1 cm³/mol. The van der Waals surface area contributed by atoms with Crippen molar-refractivity contribution in [1.29, 1.82) is 0 Å². The molecule has 1 amide bonds. The Morgan fingerprint density at radius 2 is 1.91 bits per heavy atom. The van der Waals surface area contributed by atoms with Crippen LogP contribution in [0.5, 0.6) is 0 Å². The first kappa shape index (κ1) is 18.2. The van der Waals surface area contributed by atoms with Gasteiger partial charge in [0, 0.05) is 35.9 Å². The van der Waals surface area contributed by atoms with E-state index in [4.69, 9.17) is 11.6 Å². The molecule has 1 heterocycles. The fourth-order valence-corrected chi connectivity index (χ4v) is 3.25. The summed E-state index contributed by atoms with van der Waals surface area (Å²) in [4.78, 5) is 14.8. The maximum atomic E-state index is 12.5. The number of hydrogen-bond donors (Lipinski definition) is 2. The Balaban J connectivity index is 1.89. The minimum atomic E-state index is -0.131. The molecule has 0 saturated carbocycles. The lowest BCUT2D eigenvalue weighted by molar-refractivity contribution is -0.121. The summed E-state index contributed by atoms with van der Waals surface area (Å²) in [5.41, 5.74) is 1.71. The summed E-state index contributed by atoms with van der Waals surface area (Å²) < 4.78 is 0. The van der Waals surface area contributed by atoms with Gasteiger partial charge < -0.3 is 10.6 Å². The number of carbonyl (C=O) groups excluding carboxylic acids is 1. The first-order chi connectivity index (χ1) is 10.9. The van der Waals surface area contributed by atoms with E-state index in [0.717, 1.165) is 37.2 Å². The zero-order valence-electron chi connectivity index (χ0n) is 14.5. The lowest BCUT2D eigenvalue weighted by atomic mass is 10.0. The number of piperidine rings is 1. The van der Waals surface area contributed by atoms with E-state index in [0.29, 0.717) is 17.1 Å². The van der Waals surface area contributed by atoms with Crippen LogP contribution in [0.1, 0.15) is 39.2 Å². The summed E-state index contributed by atoms with van der Waals surface area (Å²) >= 11 is 6.11. The van der Waals surface area contributed by atoms with E-state index < -0.39 is 0 Å². The van der Waals surface area contributed by atoms with Crippen LogP contribution in [-0.4, -0.2) is 42.0 Å². The van der Waals surface area contributed by atoms with E-state index in [-0.39, 0.29) is 11.9 Å². The van der Waals surface area contributed by atoms with Crippen molar-refractivity contribution in [3.8, 4) is 0 Å². The van der Waals surface area contributed by atoms with Crippen LogP contribution in [0.2, 0.25) is 5.02 Å². The molecule has 1 fully saturated rings. The molecule has 128 valence electrons. The number of nitrogens with one attached hydrogen (secondary N) is 2. The Morgan fingerprint density at radius 3 is 2.52 bits per heavy atom. The quantitative estimate of drug-likeness (QED) is 0.865. The van der Waals surface area contributed by atoms with Gasteiger partial charge in [-0.25, -0.2) is 0 Å². The van der Waals surface area contributed by atoms with Gasteiger partial charge in [0.15, 0.2) is 0 Å². The van der Waals surface area contributed by atoms with Gasteiger partial charge in [0.1, 0.15) is 0 Å². The summed E-state index contributed by atoms with van der Waals surface area (Å²) in [6, 6.07) is 6.54. The van der Waals surface area contributed by atoms with Crippen LogP contribution in [0.25, 0.3) is 0 Å². The molecule has 0 radical (unpaired) electrons. The minimum absolute atomic E-state index is 0.0330. The highest BCUT2D eigenvalue weighted by Gasteiger charge is 2.27. The number of carbonyl (C=O) groups is 1. The van der Waals surface area contributed by atoms with Crippen molar-refractivity contribution in [1.82, 2.24) is 10.2 Å². The third kappa shape index (κ3) is 4.93. The zero-order chi connectivity index (χ0) is 17.0. The first-order valence-electron chi connectivity index (χ1n) is 8.44. The van der Waals surface area contributed by atoms with Crippen molar-refractivity contribution in [3.63, 3.8) is 0 Å². The molecule has 2 rings (SSSR count). The minimum Gasteiger partial charge on any atom is -0.324 e. The van der Waals surface area contributed by atoms with Gasteiger partial charge in [-0.15, -0.1) is 0 Å². The van der Waals surface area contributed by atoms with Crippen LogP contribution in [0.15, 0.2) is 18.2 Å². The third-order valence-corrected chi connectivity index (χ3v) is 4.96. The predicted octanol–water partition coefficient (Wildman–Crippen LogP) is 3.44. The topological polar surface area (TPSA) is 44.4 Å². The number of anilines is 1. The normalized spacial score (nSPS) is 18.2. The molecule has 0 aromatic heterocycles. The van der Waals surface area contributed by atoms with E-state index >= 15 is 0 Å². The molecule has 4 nitrogen and oxygen atoms in total. The van der Waals surface area contributed by atoms with E-state index in [1.54, 1.807) is 0 Å². The van der Waals surface area contributed by atoms with Gasteiger partial charge in [0.2, 0.25) is 5.91 Å². The molecule has 1 saturated heterocycles. The van der Waals surface area contributed by atoms with Crippen LogP contribution in [0.4, 0.5) is 5.69 Å². The van der Waals surface area contributed by atoms with Crippen molar-refractivity contribution in [3.05, 3.63) is 28.8 Å². The lowest BCUT2D eigenvalue weighted by Gasteiger charge is -2.36. The number of rotatable bonds is 5. The number of amides is 1. The van der Waals surface area contributed by atoms with Crippen LogP contribution in [0, 0.1) is 6.92 Å². The van der Waals surface area contributed by atoms with E-state index in [9.17, 15) is 4.79 Å². The fraction of sp³-hybridized carbons (Fsp3) is 0.611. The average Bonchev–Trinajstić information content (AvgIpc) is 2.51. The summed E-state index contributed by atoms with van der Waals surface area (Å²) in [6.45, 7) is 10.2. The van der Waals surface area contributed by atoms with Crippen LogP contribution in [0.3, 0.4) is 0 Å². The Labute approximate surface area is 144 Å². The molecule has 1 aromatic carbocycles. The van der Waals surface area contributed by atoms with Crippen LogP contribution >= 0.6 is 11.6 Å². The largest absolute Gasteiger partial charge is 0.324 e. The van der Waals surface area contributed by atoms with Crippen molar-refractivity contribution >= 4 is 23.2 Å². The molecule has 2 N–H and O–H groups in total. The van der Waals surface area contributed by atoms with Gasteiger partial charge in [-0.1, -0.05) is 31.5 Å². The molecule has 0 aliphatic carbocycles. The summed E-state index contributed by atoms with van der Waals surface area (Å²) in [5.74, 6) is 0.0330. The zero-order valence-corrected chi connectivity index (χ0v) is 15.3. The number of hydrogen-bond acceptors (Lipinski definition) is 3. The molecular formula is C18H28ClN3O. The Hall–Kier alpha value is -1.10. The van der Waals surface area contributed by atoms with Crippen molar-refractivity contribution < 1.29 is 4.79 Å². The second-order valence-electron chi connectivity index (χ2n) is 6.71. The molecule has 5 heteroatoms. The van der Waals surface area contributed by atoms with Gasteiger partial charge in [0.05, 0.1) is 6.04 Å². The molecule has 1 atom stereocenters. The Kier molecular flexibility index (Phi) is 6.45. The van der Waals surface area contributed by atoms with Crippen molar-refractivity contribution in [2.45, 2.75) is 58.7 Å². The lowest BCUT2D eigenvalue weighted by Crippen LogP contribution is -2.50. The Bertz CT molecular complexity index is 539. The maximum absolute atomic E-state index is 12.5. The molecule has 0 unspecified atom stereocenters. The first-order valence-corrected chi connectivity index (χ1v) is 8.82. The molecular weight excluding hydrogens is 310 g/mol. The van der Waals surface area contributed by atoms with Crippen LogP contribution in [-0.2, 0) is 4.79 Å². The van der Waals surface area contributed by atoms with E-state index in [1.165, 1.54) is 0 Å². The molecule has 1 aliphatic rings. The second-order valence-corrected chi connectivity index (χ2v) is 7.12. The van der Waals surface area contributed by atoms with Gasteiger partial charge in [0.25, 0.3) is 0 Å². The fourth-order valence-electron chi connectivity index (χ4n) is 3.07. The average molecular weight is 338 g/mol. The monoisotopic (exact) mass is 337 g/mol. The van der Waals surface area contributed by atoms with Gasteiger partial charge >= 0.3 is 0 Å². The number of benzene rings is 1. The highest BCUT2D eigenvalue weighted by Crippen LogP contribution is 2.23. The molecule has 1 aromatic rings. The summed E-state index contributed by atoms with van der Waals surface area (Å²) in [6.07, 6.45) is 2.18. The van der Waals surface area contributed by atoms with Crippen LogP contribution < -0.4 is 10.6 Å². The van der Waals surface area contributed by atoms with Gasteiger partial charge in [-0.3, -0.25) is 9.69 Å². The highest BCUT2D eigenvalue weighted by molar-refractivity contribution is 6.31. The number of nitrogens with zero attached hydrogens (tertiary/aromatic N) is 1. The molecule has 0 spiro atoms. The Morgan fingerprint density at radius 1 is 1.26 bits per heavy atom. The third-order valence-electron chi connectivity index (χ3n) is 4.55. The SMILES string of the molecule is Cc1c(Cl)cccc1NC(=O)[C@@H](C)N1CCC(NC(C)C)CC1. The molecule has 0 bridgehead atoms. The molecule has 1 aliphatic heterocycles. The maximum Gasteiger partial charge on any atom is 0.241 e. The highest BCUT2D eigenvalue weighted by atomic mass is 35.5. The standard InChI is InChI=1S/C18H28ClN3O/c1-12(2)20-15-8-10-22(11-9-15)14(4)18(23)21-17-7-5-6-16(19)13(17)3/h5-7,12,14-15,20H,8-11H2,1-4H3,(H,21,23)/t14-/m1/s1. The van der Waals surface area contributed by atoms with E-state index in [1.807, 2.05) is 32.0 Å². The summed E-state index contributed by atoms with van der Waals surface area (Å²) in [5, 5.41) is 7.27.